The molecule has 2 nitrogen and oxygen atoms in total. The molecule has 0 unspecified atom stereocenters. The second-order valence-electron chi connectivity index (χ2n) is 1.49. The lowest BCUT2D eigenvalue weighted by Crippen LogP contribution is -1.82. The molecular formula is C6H13NOS. The highest BCUT2D eigenvalue weighted by molar-refractivity contribution is 7.98. The molecule has 0 aromatic rings. The van der Waals surface area contributed by atoms with Crippen molar-refractivity contribution in [3.8, 4) is 0 Å². The minimum atomic E-state index is 0.662. The van der Waals surface area contributed by atoms with E-state index in [1.165, 1.54) is 0 Å². The van der Waals surface area contributed by atoms with Gasteiger partial charge in [-0.3, -0.25) is 0 Å². The van der Waals surface area contributed by atoms with Gasteiger partial charge in [-0.15, -0.1) is 0 Å². The maximum Gasteiger partial charge on any atom is 0.114 e. The van der Waals surface area contributed by atoms with E-state index >= 15 is 0 Å². The first-order valence-electron chi connectivity index (χ1n) is 3.04. The van der Waals surface area contributed by atoms with Gasteiger partial charge in [-0.2, -0.15) is 11.8 Å². The van der Waals surface area contributed by atoms with E-state index in [2.05, 4.69) is 11.4 Å². The molecule has 0 saturated carbocycles. The average molecular weight is 147 g/mol. The minimum absolute atomic E-state index is 0.662. The molecule has 0 saturated heterocycles. The van der Waals surface area contributed by atoms with E-state index < -0.39 is 0 Å². The van der Waals surface area contributed by atoms with Crippen molar-refractivity contribution >= 4 is 18.0 Å². The molecular weight excluding hydrogens is 134 g/mol. The predicted molar refractivity (Wildman–Crippen MR) is 43.1 cm³/mol. The number of hydrogen-bond donors (Lipinski definition) is 0. The maximum atomic E-state index is 4.74. The molecule has 0 aromatic heterocycles. The van der Waals surface area contributed by atoms with Crippen LogP contribution in [0.5, 0.6) is 0 Å². The molecule has 0 bridgehead atoms. The highest BCUT2D eigenvalue weighted by Gasteiger charge is 1.77. The molecule has 0 N–H and O–H groups in total. The lowest BCUT2D eigenvalue weighted by Gasteiger charge is -1.89. The third kappa shape index (κ3) is 7.82. The van der Waals surface area contributed by atoms with Crippen molar-refractivity contribution in [2.45, 2.75) is 13.3 Å². The lowest BCUT2D eigenvalue weighted by atomic mass is 10.5. The second kappa shape index (κ2) is 7.82. The van der Waals surface area contributed by atoms with E-state index in [0.29, 0.717) is 6.61 Å². The Labute approximate surface area is 60.6 Å². The number of rotatable bonds is 5. The van der Waals surface area contributed by atoms with Crippen LogP contribution in [0.2, 0.25) is 0 Å². The molecule has 0 amide bonds. The van der Waals surface area contributed by atoms with Gasteiger partial charge in [-0.05, 0) is 25.4 Å². The van der Waals surface area contributed by atoms with Crippen molar-refractivity contribution < 1.29 is 4.84 Å². The van der Waals surface area contributed by atoms with Crippen LogP contribution < -0.4 is 0 Å². The average Bonchev–Trinajstić information content (AvgIpc) is 1.89. The van der Waals surface area contributed by atoms with E-state index in [4.69, 9.17) is 4.84 Å². The number of oxime groups is 1. The van der Waals surface area contributed by atoms with Crippen LogP contribution in [-0.2, 0) is 4.84 Å². The van der Waals surface area contributed by atoms with Crippen LogP contribution in [0, 0.1) is 0 Å². The summed E-state index contributed by atoms with van der Waals surface area (Å²) in [5, 5.41) is 3.69. The van der Waals surface area contributed by atoms with E-state index in [1.54, 1.807) is 6.21 Å². The zero-order valence-corrected chi connectivity index (χ0v) is 6.78. The highest BCUT2D eigenvalue weighted by Crippen LogP contribution is 1.92. The monoisotopic (exact) mass is 147 g/mol. The minimum Gasteiger partial charge on any atom is -0.396 e. The third-order valence-corrected chi connectivity index (χ3v) is 1.37. The van der Waals surface area contributed by atoms with E-state index in [1.807, 2.05) is 18.7 Å². The Balaban J connectivity index is 2.86. The molecule has 0 spiro atoms. The van der Waals surface area contributed by atoms with Crippen molar-refractivity contribution in [3.63, 3.8) is 0 Å². The Morgan fingerprint density at radius 1 is 1.67 bits per heavy atom. The summed E-state index contributed by atoms with van der Waals surface area (Å²) in [6.07, 6.45) is 4.88. The van der Waals surface area contributed by atoms with E-state index in [-0.39, 0.29) is 0 Å². The van der Waals surface area contributed by atoms with Gasteiger partial charge in [-0.1, -0.05) is 5.16 Å². The largest absolute Gasteiger partial charge is 0.396 e. The van der Waals surface area contributed by atoms with Crippen LogP contribution in [0.1, 0.15) is 13.3 Å². The molecule has 0 rings (SSSR count). The van der Waals surface area contributed by atoms with Crippen molar-refractivity contribution in [3.05, 3.63) is 0 Å². The van der Waals surface area contributed by atoms with Gasteiger partial charge in [0.2, 0.25) is 0 Å². The normalized spacial score (nSPS) is 10.4. The lowest BCUT2D eigenvalue weighted by molar-refractivity contribution is 0.160. The highest BCUT2D eigenvalue weighted by atomic mass is 32.2. The molecule has 9 heavy (non-hydrogen) atoms. The summed E-state index contributed by atoms with van der Waals surface area (Å²) < 4.78 is 0. The van der Waals surface area contributed by atoms with Crippen LogP contribution in [-0.4, -0.2) is 24.8 Å². The van der Waals surface area contributed by atoms with Crippen molar-refractivity contribution in [1.82, 2.24) is 0 Å². The van der Waals surface area contributed by atoms with Gasteiger partial charge in [0.25, 0.3) is 0 Å². The van der Waals surface area contributed by atoms with Gasteiger partial charge < -0.3 is 4.84 Å². The molecule has 0 aliphatic carbocycles. The summed E-state index contributed by atoms with van der Waals surface area (Å²) in [6, 6.07) is 0. The standard InChI is InChI=1S/C6H13NOS/c1-3-8-7-5-4-6-9-2/h5H,3-4,6H2,1-2H3/b7-5+. The third-order valence-electron chi connectivity index (χ3n) is 0.729. The number of hydrogen-bond acceptors (Lipinski definition) is 3. The molecule has 0 aromatic carbocycles. The molecule has 54 valence electrons. The molecule has 0 radical (unpaired) electrons. The number of nitrogens with zero attached hydrogens (tertiary/aromatic N) is 1. The Kier molecular flexibility index (Phi) is 7.66. The van der Waals surface area contributed by atoms with Crippen LogP contribution in [0.15, 0.2) is 5.16 Å². The molecule has 3 heteroatoms. The van der Waals surface area contributed by atoms with E-state index in [0.717, 1.165) is 12.2 Å². The molecule has 0 heterocycles. The van der Waals surface area contributed by atoms with Crippen molar-refractivity contribution in [2.24, 2.45) is 5.16 Å². The number of thioether (sulfide) groups is 1. The summed E-state index contributed by atoms with van der Waals surface area (Å²) in [6.45, 7) is 2.58. The Bertz CT molecular complexity index is 75.5. The fraction of sp³-hybridized carbons (Fsp3) is 0.833. The zero-order chi connectivity index (χ0) is 6.95. The van der Waals surface area contributed by atoms with Gasteiger partial charge >= 0.3 is 0 Å². The summed E-state index contributed by atoms with van der Waals surface area (Å²) in [7, 11) is 0. The first-order chi connectivity index (χ1) is 4.41. The Morgan fingerprint density at radius 3 is 3.00 bits per heavy atom. The van der Waals surface area contributed by atoms with Gasteiger partial charge in [0.05, 0.1) is 0 Å². The SMILES string of the molecule is CCO/N=C/CCSC. The Morgan fingerprint density at radius 2 is 2.44 bits per heavy atom. The molecule has 0 fully saturated rings. The molecule has 0 atom stereocenters. The fourth-order valence-electron chi connectivity index (χ4n) is 0.351. The Hall–Kier alpha value is -0.180. The summed E-state index contributed by atoms with van der Waals surface area (Å²) in [5.74, 6) is 1.12. The zero-order valence-electron chi connectivity index (χ0n) is 5.96. The van der Waals surface area contributed by atoms with Crippen LogP contribution >= 0.6 is 11.8 Å². The van der Waals surface area contributed by atoms with Crippen LogP contribution in [0.3, 0.4) is 0 Å². The second-order valence-corrected chi connectivity index (χ2v) is 2.47. The quantitative estimate of drug-likeness (QED) is 0.336. The van der Waals surface area contributed by atoms with E-state index in [9.17, 15) is 0 Å². The summed E-state index contributed by atoms with van der Waals surface area (Å²) in [5.41, 5.74) is 0. The molecule has 0 aliphatic heterocycles. The smallest absolute Gasteiger partial charge is 0.114 e. The van der Waals surface area contributed by atoms with Crippen LogP contribution in [0.4, 0.5) is 0 Å². The van der Waals surface area contributed by atoms with Gasteiger partial charge in [0.1, 0.15) is 6.61 Å². The maximum absolute atomic E-state index is 4.74. The van der Waals surface area contributed by atoms with Crippen molar-refractivity contribution in [2.75, 3.05) is 18.6 Å². The van der Waals surface area contributed by atoms with Gasteiger partial charge in [-0.25, -0.2) is 0 Å². The predicted octanol–water partition coefficient (Wildman–Crippen LogP) is 1.76. The first kappa shape index (κ1) is 8.82. The first-order valence-corrected chi connectivity index (χ1v) is 4.44. The van der Waals surface area contributed by atoms with Crippen LogP contribution in [0.25, 0.3) is 0 Å². The topological polar surface area (TPSA) is 21.6 Å². The summed E-state index contributed by atoms with van der Waals surface area (Å²) in [4.78, 5) is 4.74. The van der Waals surface area contributed by atoms with Gasteiger partial charge in [0.15, 0.2) is 0 Å². The van der Waals surface area contributed by atoms with Crippen molar-refractivity contribution in [1.29, 1.82) is 0 Å². The molecule has 0 aliphatic rings. The fourth-order valence-corrected chi connectivity index (χ4v) is 0.692. The summed E-state index contributed by atoms with van der Waals surface area (Å²) >= 11 is 1.81. The van der Waals surface area contributed by atoms with Gasteiger partial charge in [0, 0.05) is 6.21 Å².